The molecule has 1 saturated heterocycles. The molecule has 0 N–H and O–H groups in total. The first-order valence-electron chi connectivity index (χ1n) is 3.01. The largest absolute Gasteiger partial charge is 0.335 e. The van der Waals surface area contributed by atoms with Crippen molar-refractivity contribution in [3.8, 4) is 0 Å². The smallest absolute Gasteiger partial charge is 0.329 e. The fourth-order valence-corrected chi connectivity index (χ4v) is 1.08. The molecule has 0 bridgehead atoms. The first-order valence-corrected chi connectivity index (χ1v) is 4.22. The minimum atomic E-state index is -0.750. The highest BCUT2D eigenvalue weighted by molar-refractivity contribution is 7.51. The van der Waals surface area contributed by atoms with Gasteiger partial charge in [-0.2, -0.15) is 8.42 Å². The lowest BCUT2D eigenvalue weighted by molar-refractivity contribution is -0.126. The van der Waals surface area contributed by atoms with E-state index in [-0.39, 0.29) is 5.91 Å². The molecular weight excluding hydrogens is 190 g/mol. The predicted octanol–water partition coefficient (Wildman–Crippen LogP) is 0.135. The Labute approximate surface area is 73.1 Å². The van der Waals surface area contributed by atoms with Crippen LogP contribution in [0.2, 0.25) is 0 Å². The summed E-state index contributed by atoms with van der Waals surface area (Å²) < 4.78 is 16.6. The van der Waals surface area contributed by atoms with Gasteiger partial charge >= 0.3 is 11.6 Å². The first kappa shape index (κ1) is 10.6. The van der Waals surface area contributed by atoms with Gasteiger partial charge in [-0.1, -0.05) is 0 Å². The van der Waals surface area contributed by atoms with Crippen LogP contribution in [0.1, 0.15) is 12.8 Å². The molecular formula is C5H8ClNO3S. The highest BCUT2D eigenvalue weighted by Crippen LogP contribution is 2.08. The molecule has 1 amide bonds. The Morgan fingerprint density at radius 1 is 1.55 bits per heavy atom. The van der Waals surface area contributed by atoms with Gasteiger partial charge in [0.1, 0.15) is 0 Å². The van der Waals surface area contributed by atoms with Gasteiger partial charge < -0.3 is 4.90 Å². The van der Waals surface area contributed by atoms with E-state index in [4.69, 9.17) is 20.0 Å². The Balaban J connectivity index is 0.000000292. The van der Waals surface area contributed by atoms with Gasteiger partial charge in [0.05, 0.1) is 6.00 Å². The summed E-state index contributed by atoms with van der Waals surface area (Å²) in [5.74, 6) is 0.194. The van der Waals surface area contributed by atoms with Gasteiger partial charge in [-0.3, -0.25) is 4.79 Å². The van der Waals surface area contributed by atoms with Crippen molar-refractivity contribution in [3.05, 3.63) is 0 Å². The summed E-state index contributed by atoms with van der Waals surface area (Å²) in [6.45, 7) is 0.850. The molecule has 0 aliphatic carbocycles. The van der Waals surface area contributed by atoms with Crippen LogP contribution in [0, 0.1) is 0 Å². The van der Waals surface area contributed by atoms with E-state index in [0.717, 1.165) is 13.0 Å². The average Bonchev–Trinajstić information content (AvgIpc) is 2.36. The van der Waals surface area contributed by atoms with Crippen LogP contribution in [0.3, 0.4) is 0 Å². The van der Waals surface area contributed by atoms with Crippen LogP contribution in [-0.4, -0.2) is 31.8 Å². The Bertz CT molecular complexity index is 169. The number of likely N-dealkylation sites (tertiary alicyclic amines) is 1. The monoisotopic (exact) mass is 197 g/mol. The highest BCUT2D eigenvalue weighted by atomic mass is 35.5. The van der Waals surface area contributed by atoms with Gasteiger partial charge in [-0.05, 0) is 6.42 Å². The predicted molar refractivity (Wildman–Crippen MR) is 40.6 cm³/mol. The van der Waals surface area contributed by atoms with E-state index in [9.17, 15) is 4.79 Å². The Kier molecular flexibility index (Phi) is 6.06. The Morgan fingerprint density at radius 3 is 2.27 bits per heavy atom. The Hall–Kier alpha value is -0.420. The topological polar surface area (TPSA) is 54.5 Å². The van der Waals surface area contributed by atoms with E-state index in [2.05, 4.69) is 0 Å². The van der Waals surface area contributed by atoms with Crippen LogP contribution in [-0.2, 0) is 16.4 Å². The molecule has 1 rings (SSSR count). The van der Waals surface area contributed by atoms with Crippen LogP contribution in [0.4, 0.5) is 0 Å². The SMILES string of the molecule is O=C1CCCN1CCl.O=S=O. The molecule has 1 heterocycles. The minimum absolute atomic E-state index is 0.194. The van der Waals surface area contributed by atoms with Crippen molar-refractivity contribution >= 4 is 29.1 Å². The molecule has 0 unspecified atom stereocenters. The van der Waals surface area contributed by atoms with Crippen LogP contribution in [0.25, 0.3) is 0 Å². The van der Waals surface area contributed by atoms with Crippen LogP contribution in [0.5, 0.6) is 0 Å². The molecule has 0 aromatic carbocycles. The van der Waals surface area contributed by atoms with E-state index < -0.39 is 11.6 Å². The van der Waals surface area contributed by atoms with E-state index in [1.165, 1.54) is 0 Å². The number of alkyl halides is 1. The van der Waals surface area contributed by atoms with E-state index in [1.54, 1.807) is 4.90 Å². The van der Waals surface area contributed by atoms with E-state index >= 15 is 0 Å². The molecule has 0 radical (unpaired) electrons. The summed E-state index contributed by atoms with van der Waals surface area (Å²) in [6.07, 6.45) is 1.66. The lowest BCUT2D eigenvalue weighted by Crippen LogP contribution is -2.22. The fraction of sp³-hybridized carbons (Fsp3) is 0.800. The molecule has 1 aliphatic rings. The van der Waals surface area contributed by atoms with Crippen molar-refractivity contribution in [3.63, 3.8) is 0 Å². The standard InChI is InChI=1S/C5H8ClNO.O2S/c6-4-7-3-1-2-5(7)8;1-3-2/h1-4H2;. The normalized spacial score (nSPS) is 15.7. The van der Waals surface area contributed by atoms with Gasteiger partial charge in [0, 0.05) is 13.0 Å². The molecule has 0 saturated carbocycles. The lowest BCUT2D eigenvalue weighted by atomic mass is 10.4. The third-order valence-electron chi connectivity index (χ3n) is 1.32. The van der Waals surface area contributed by atoms with Gasteiger partial charge in [0.2, 0.25) is 5.91 Å². The van der Waals surface area contributed by atoms with Gasteiger partial charge in [-0.15, -0.1) is 11.6 Å². The van der Waals surface area contributed by atoms with Crippen molar-refractivity contribution in [2.45, 2.75) is 12.8 Å². The molecule has 64 valence electrons. The third-order valence-corrected chi connectivity index (χ3v) is 1.60. The van der Waals surface area contributed by atoms with E-state index in [1.807, 2.05) is 0 Å². The van der Waals surface area contributed by atoms with Crippen molar-refractivity contribution < 1.29 is 13.2 Å². The second-order valence-corrected chi connectivity index (χ2v) is 2.32. The van der Waals surface area contributed by atoms with Gasteiger partial charge in [0.15, 0.2) is 0 Å². The van der Waals surface area contributed by atoms with Crippen molar-refractivity contribution in [1.29, 1.82) is 0 Å². The summed E-state index contributed by atoms with van der Waals surface area (Å²) in [5, 5.41) is 0. The van der Waals surface area contributed by atoms with Crippen molar-refractivity contribution in [1.82, 2.24) is 4.90 Å². The molecule has 0 spiro atoms. The number of amides is 1. The summed E-state index contributed by atoms with van der Waals surface area (Å²) in [4.78, 5) is 12.3. The average molecular weight is 198 g/mol. The molecule has 4 nitrogen and oxygen atoms in total. The number of rotatable bonds is 1. The number of halogens is 1. The molecule has 1 fully saturated rings. The molecule has 0 atom stereocenters. The van der Waals surface area contributed by atoms with Crippen molar-refractivity contribution in [2.75, 3.05) is 12.5 Å². The Morgan fingerprint density at radius 2 is 2.09 bits per heavy atom. The molecule has 6 heteroatoms. The second-order valence-electron chi connectivity index (χ2n) is 1.95. The van der Waals surface area contributed by atoms with Gasteiger partial charge in [-0.25, -0.2) is 0 Å². The zero-order chi connectivity index (χ0) is 8.69. The number of carbonyl (C=O) groups excluding carboxylic acids is 1. The third kappa shape index (κ3) is 4.10. The maximum atomic E-state index is 10.6. The molecule has 1 aliphatic heterocycles. The maximum Gasteiger partial charge on any atom is 0.335 e. The maximum absolute atomic E-state index is 10.6. The zero-order valence-corrected chi connectivity index (χ0v) is 7.36. The first-order chi connectivity index (χ1) is 5.26. The molecule has 0 aromatic rings. The number of hydrogen-bond donors (Lipinski definition) is 0. The lowest BCUT2D eigenvalue weighted by Gasteiger charge is -2.08. The summed E-state index contributed by atoms with van der Waals surface area (Å²) >= 11 is 4.66. The summed E-state index contributed by atoms with van der Waals surface area (Å²) in [6, 6.07) is 0.360. The summed E-state index contributed by atoms with van der Waals surface area (Å²) in [7, 11) is 0. The minimum Gasteiger partial charge on any atom is -0.329 e. The van der Waals surface area contributed by atoms with Crippen LogP contribution >= 0.6 is 11.6 Å². The summed E-state index contributed by atoms with van der Waals surface area (Å²) in [5.41, 5.74) is 0. The number of hydrogen-bond acceptors (Lipinski definition) is 3. The quantitative estimate of drug-likeness (QED) is 0.444. The molecule has 0 aromatic heterocycles. The second kappa shape index (κ2) is 6.30. The van der Waals surface area contributed by atoms with E-state index in [0.29, 0.717) is 12.4 Å². The van der Waals surface area contributed by atoms with Crippen molar-refractivity contribution in [2.24, 2.45) is 0 Å². The van der Waals surface area contributed by atoms with Gasteiger partial charge in [0.25, 0.3) is 0 Å². The zero-order valence-electron chi connectivity index (χ0n) is 5.79. The molecule has 11 heavy (non-hydrogen) atoms. The highest BCUT2D eigenvalue weighted by Gasteiger charge is 2.17. The number of nitrogens with zero attached hydrogens (tertiary/aromatic N) is 1. The van der Waals surface area contributed by atoms with Crippen LogP contribution in [0.15, 0.2) is 0 Å². The van der Waals surface area contributed by atoms with Crippen LogP contribution < -0.4 is 0 Å². The fourth-order valence-electron chi connectivity index (χ4n) is 0.830. The number of carbonyl (C=O) groups is 1.